The molecule has 0 unspecified atom stereocenters. The van der Waals surface area contributed by atoms with Crippen LogP contribution < -0.4 is 0 Å². The lowest BCUT2D eigenvalue weighted by molar-refractivity contribution is -0.141. The van der Waals surface area contributed by atoms with Crippen LogP contribution in [-0.2, 0) is 6.54 Å². The van der Waals surface area contributed by atoms with Gasteiger partial charge in [0.15, 0.2) is 0 Å². The average molecular weight is 312 g/mol. The summed E-state index contributed by atoms with van der Waals surface area (Å²) in [6, 6.07) is 7.65. The van der Waals surface area contributed by atoms with Gasteiger partial charge >= 0.3 is 6.18 Å². The number of alkyl halides is 3. The summed E-state index contributed by atoms with van der Waals surface area (Å²) in [6.07, 6.45) is -1.86. The second-order valence-electron chi connectivity index (χ2n) is 4.64. The van der Waals surface area contributed by atoms with E-state index in [0.29, 0.717) is 10.5 Å². The summed E-state index contributed by atoms with van der Waals surface area (Å²) in [5, 5.41) is 0. The highest BCUT2D eigenvalue weighted by atomic mass is 19.4. The van der Waals surface area contributed by atoms with Crippen LogP contribution in [-0.4, -0.2) is 28.5 Å². The third kappa shape index (κ3) is 4.54. The maximum absolute atomic E-state index is 12.9. The summed E-state index contributed by atoms with van der Waals surface area (Å²) in [7, 11) is 0. The van der Waals surface area contributed by atoms with Gasteiger partial charge in [0.2, 0.25) is 0 Å². The predicted molar refractivity (Wildman–Crippen MR) is 71.4 cm³/mol. The lowest BCUT2D eigenvalue weighted by Crippen LogP contribution is -2.38. The second kappa shape index (κ2) is 6.55. The van der Waals surface area contributed by atoms with E-state index in [0.717, 1.165) is 12.1 Å². The Balaban J connectivity index is 2.22. The summed E-state index contributed by atoms with van der Waals surface area (Å²) in [4.78, 5) is 16.6. The number of aromatic nitrogens is 1. The molecule has 1 amide bonds. The molecule has 0 fully saturated rings. The van der Waals surface area contributed by atoms with Crippen LogP contribution in [0.2, 0.25) is 0 Å². The van der Waals surface area contributed by atoms with Crippen LogP contribution in [0.4, 0.5) is 17.6 Å². The van der Waals surface area contributed by atoms with Crippen LogP contribution in [0.5, 0.6) is 0 Å². The number of pyridine rings is 1. The predicted octanol–water partition coefficient (Wildman–Crippen LogP) is 3.43. The summed E-state index contributed by atoms with van der Waals surface area (Å²) < 4.78 is 50.9. The Morgan fingerprint density at radius 3 is 2.18 bits per heavy atom. The van der Waals surface area contributed by atoms with E-state index in [-0.39, 0.29) is 12.1 Å². The number of amides is 1. The molecule has 0 N–H and O–H groups in total. The number of hydrogen-bond acceptors (Lipinski definition) is 2. The fourth-order valence-corrected chi connectivity index (χ4v) is 1.90. The van der Waals surface area contributed by atoms with Crippen LogP contribution in [0.3, 0.4) is 0 Å². The van der Waals surface area contributed by atoms with Gasteiger partial charge in [-0.25, -0.2) is 4.39 Å². The van der Waals surface area contributed by atoms with E-state index in [4.69, 9.17) is 0 Å². The first-order chi connectivity index (χ1) is 10.3. The fraction of sp³-hybridized carbons (Fsp3) is 0.200. The van der Waals surface area contributed by atoms with Crippen molar-refractivity contribution in [3.63, 3.8) is 0 Å². The summed E-state index contributed by atoms with van der Waals surface area (Å²) in [6.45, 7) is -1.65. The third-order valence-corrected chi connectivity index (χ3v) is 2.87. The van der Waals surface area contributed by atoms with Gasteiger partial charge in [0.1, 0.15) is 12.4 Å². The summed E-state index contributed by atoms with van der Waals surface area (Å²) in [5.41, 5.74) is 0.523. The van der Waals surface area contributed by atoms with E-state index < -0.39 is 24.4 Å². The number of nitrogens with zero attached hydrogens (tertiary/aromatic N) is 2. The first kappa shape index (κ1) is 15.9. The van der Waals surface area contributed by atoms with Crippen molar-refractivity contribution >= 4 is 5.91 Å². The topological polar surface area (TPSA) is 33.2 Å². The van der Waals surface area contributed by atoms with E-state index in [1.54, 1.807) is 0 Å². The Kier molecular flexibility index (Phi) is 4.75. The molecule has 22 heavy (non-hydrogen) atoms. The van der Waals surface area contributed by atoms with Crippen molar-refractivity contribution in [2.45, 2.75) is 12.7 Å². The standard InChI is InChI=1S/C15H12F4N2O/c16-13-3-1-11(2-4-13)9-21(10-15(17,18)19)14(22)12-5-7-20-8-6-12/h1-8H,9-10H2. The van der Waals surface area contributed by atoms with E-state index in [1.165, 1.54) is 36.7 Å². The fourth-order valence-electron chi connectivity index (χ4n) is 1.90. The highest BCUT2D eigenvalue weighted by Gasteiger charge is 2.33. The minimum atomic E-state index is -4.53. The number of carbonyl (C=O) groups is 1. The number of halogens is 4. The molecular formula is C15H12F4N2O. The normalized spacial score (nSPS) is 11.3. The lowest BCUT2D eigenvalue weighted by atomic mass is 10.1. The van der Waals surface area contributed by atoms with Gasteiger partial charge in [-0.1, -0.05) is 12.1 Å². The van der Waals surface area contributed by atoms with Crippen LogP contribution in [0.15, 0.2) is 48.8 Å². The zero-order valence-electron chi connectivity index (χ0n) is 11.3. The molecule has 0 aliphatic carbocycles. The Hall–Kier alpha value is -2.44. The van der Waals surface area contributed by atoms with Crippen LogP contribution in [0.25, 0.3) is 0 Å². The van der Waals surface area contributed by atoms with Gasteiger partial charge in [-0.05, 0) is 29.8 Å². The molecule has 1 heterocycles. The molecule has 116 valence electrons. The number of hydrogen-bond donors (Lipinski definition) is 0. The third-order valence-electron chi connectivity index (χ3n) is 2.87. The summed E-state index contributed by atoms with van der Waals surface area (Å²) >= 11 is 0. The Morgan fingerprint density at radius 2 is 1.64 bits per heavy atom. The Labute approximate surface area is 124 Å². The highest BCUT2D eigenvalue weighted by Crippen LogP contribution is 2.20. The molecule has 0 bridgehead atoms. The van der Waals surface area contributed by atoms with Crippen LogP contribution in [0, 0.1) is 5.82 Å². The van der Waals surface area contributed by atoms with Gasteiger partial charge < -0.3 is 4.90 Å². The molecule has 0 aliphatic heterocycles. The molecule has 0 aliphatic rings. The van der Waals surface area contributed by atoms with Gasteiger partial charge in [-0.15, -0.1) is 0 Å². The molecule has 1 aromatic carbocycles. The van der Waals surface area contributed by atoms with E-state index in [2.05, 4.69) is 4.98 Å². The molecule has 0 saturated heterocycles. The molecule has 0 spiro atoms. The van der Waals surface area contributed by atoms with Gasteiger partial charge in [-0.2, -0.15) is 13.2 Å². The minimum absolute atomic E-state index is 0.112. The largest absolute Gasteiger partial charge is 0.406 e. The molecule has 2 rings (SSSR count). The maximum Gasteiger partial charge on any atom is 0.406 e. The molecule has 0 atom stereocenters. The lowest BCUT2D eigenvalue weighted by Gasteiger charge is -2.24. The van der Waals surface area contributed by atoms with Crippen molar-refractivity contribution in [2.75, 3.05) is 6.54 Å². The SMILES string of the molecule is O=C(c1ccncc1)N(Cc1ccc(F)cc1)CC(F)(F)F. The molecule has 1 aromatic heterocycles. The zero-order valence-corrected chi connectivity index (χ0v) is 11.3. The van der Waals surface area contributed by atoms with E-state index in [1.807, 2.05) is 0 Å². The van der Waals surface area contributed by atoms with Crippen molar-refractivity contribution < 1.29 is 22.4 Å². The summed E-state index contributed by atoms with van der Waals surface area (Å²) in [5.74, 6) is -1.25. The number of rotatable bonds is 4. The Morgan fingerprint density at radius 1 is 1.05 bits per heavy atom. The van der Waals surface area contributed by atoms with Gasteiger partial charge in [0.25, 0.3) is 5.91 Å². The highest BCUT2D eigenvalue weighted by molar-refractivity contribution is 5.94. The van der Waals surface area contributed by atoms with Crippen molar-refractivity contribution in [1.29, 1.82) is 0 Å². The maximum atomic E-state index is 12.9. The van der Waals surface area contributed by atoms with Crippen molar-refractivity contribution in [2.24, 2.45) is 0 Å². The monoisotopic (exact) mass is 312 g/mol. The van der Waals surface area contributed by atoms with Gasteiger partial charge in [0, 0.05) is 24.5 Å². The van der Waals surface area contributed by atoms with Crippen molar-refractivity contribution in [1.82, 2.24) is 9.88 Å². The van der Waals surface area contributed by atoms with Crippen molar-refractivity contribution in [3.8, 4) is 0 Å². The molecule has 7 heteroatoms. The smallest absolute Gasteiger partial charge is 0.325 e. The second-order valence-corrected chi connectivity index (χ2v) is 4.64. The van der Waals surface area contributed by atoms with Gasteiger partial charge in [-0.3, -0.25) is 9.78 Å². The van der Waals surface area contributed by atoms with Gasteiger partial charge in [0.05, 0.1) is 0 Å². The molecule has 0 radical (unpaired) electrons. The molecule has 3 nitrogen and oxygen atoms in total. The van der Waals surface area contributed by atoms with E-state index in [9.17, 15) is 22.4 Å². The van der Waals surface area contributed by atoms with Crippen LogP contribution >= 0.6 is 0 Å². The number of carbonyl (C=O) groups excluding carboxylic acids is 1. The average Bonchev–Trinajstić information content (AvgIpc) is 2.48. The minimum Gasteiger partial charge on any atom is -0.325 e. The first-order valence-electron chi connectivity index (χ1n) is 6.36. The molecule has 2 aromatic rings. The van der Waals surface area contributed by atoms with Crippen molar-refractivity contribution in [3.05, 3.63) is 65.7 Å². The quantitative estimate of drug-likeness (QED) is 0.811. The Bertz CT molecular complexity index is 626. The zero-order chi connectivity index (χ0) is 16.2. The van der Waals surface area contributed by atoms with E-state index >= 15 is 0 Å². The molecule has 0 saturated carbocycles. The first-order valence-corrected chi connectivity index (χ1v) is 6.36. The van der Waals surface area contributed by atoms with Crippen LogP contribution in [0.1, 0.15) is 15.9 Å². The molecular weight excluding hydrogens is 300 g/mol. The number of benzene rings is 1.